The zero-order valence-corrected chi connectivity index (χ0v) is 14.9. The molecule has 0 unspecified atom stereocenters. The third-order valence-electron chi connectivity index (χ3n) is 4.25. The first kappa shape index (κ1) is 16.7. The van der Waals surface area contributed by atoms with Crippen LogP contribution in [0.3, 0.4) is 0 Å². The number of aryl methyl sites for hydroxylation is 3. The van der Waals surface area contributed by atoms with E-state index in [0.29, 0.717) is 18.0 Å². The van der Waals surface area contributed by atoms with Crippen LogP contribution in [0.5, 0.6) is 0 Å². The van der Waals surface area contributed by atoms with Gasteiger partial charge >= 0.3 is 0 Å². The maximum absolute atomic E-state index is 12.6. The lowest BCUT2D eigenvalue weighted by atomic mass is 10.1. The second-order valence-corrected chi connectivity index (χ2v) is 7.76. The second kappa shape index (κ2) is 6.37. The van der Waals surface area contributed by atoms with Crippen LogP contribution >= 0.6 is 0 Å². The predicted molar refractivity (Wildman–Crippen MR) is 95.6 cm³/mol. The van der Waals surface area contributed by atoms with Gasteiger partial charge in [0.1, 0.15) is 0 Å². The molecule has 1 N–H and O–H groups in total. The summed E-state index contributed by atoms with van der Waals surface area (Å²) in [5, 5.41) is 0. The van der Waals surface area contributed by atoms with Gasteiger partial charge in [-0.1, -0.05) is 18.2 Å². The van der Waals surface area contributed by atoms with E-state index in [4.69, 9.17) is 0 Å². The summed E-state index contributed by atoms with van der Waals surface area (Å²) in [6.45, 7) is 6.57. The van der Waals surface area contributed by atoms with Gasteiger partial charge in [0.2, 0.25) is 10.0 Å². The molecule has 0 saturated carbocycles. The maximum Gasteiger partial charge on any atom is 0.240 e. The zero-order valence-electron chi connectivity index (χ0n) is 14.1. The van der Waals surface area contributed by atoms with Crippen LogP contribution in [0.1, 0.15) is 16.7 Å². The molecule has 126 valence electrons. The van der Waals surface area contributed by atoms with Crippen LogP contribution in [-0.2, 0) is 16.6 Å². The molecular weight excluding hydrogens is 322 g/mol. The Labute approximate surface area is 142 Å². The number of imidazole rings is 1. The van der Waals surface area contributed by atoms with Crippen LogP contribution in [0.25, 0.3) is 11.0 Å². The van der Waals surface area contributed by atoms with Gasteiger partial charge < -0.3 is 4.57 Å². The lowest BCUT2D eigenvalue weighted by Crippen LogP contribution is -2.28. The van der Waals surface area contributed by atoms with E-state index < -0.39 is 10.0 Å². The average Bonchev–Trinajstić information content (AvgIpc) is 2.94. The normalized spacial score (nSPS) is 12.0. The summed E-state index contributed by atoms with van der Waals surface area (Å²) in [7, 11) is -3.52. The number of nitrogens with zero attached hydrogens (tertiary/aromatic N) is 2. The molecule has 3 rings (SSSR count). The summed E-state index contributed by atoms with van der Waals surface area (Å²) >= 11 is 0. The van der Waals surface area contributed by atoms with Crippen molar-refractivity contribution in [1.82, 2.24) is 14.3 Å². The monoisotopic (exact) mass is 343 g/mol. The minimum Gasteiger partial charge on any atom is -0.329 e. The number of fused-ring (bicyclic) bond motifs is 1. The molecule has 0 amide bonds. The number of aromatic nitrogens is 2. The first-order valence-corrected chi connectivity index (χ1v) is 9.34. The first-order valence-electron chi connectivity index (χ1n) is 7.86. The lowest BCUT2D eigenvalue weighted by molar-refractivity contribution is 0.573. The summed E-state index contributed by atoms with van der Waals surface area (Å²) in [5.41, 5.74) is 4.74. The zero-order chi connectivity index (χ0) is 17.3. The van der Waals surface area contributed by atoms with Gasteiger partial charge in [0.05, 0.1) is 22.3 Å². The third-order valence-corrected chi connectivity index (χ3v) is 5.86. The molecule has 0 bridgehead atoms. The molecule has 5 nitrogen and oxygen atoms in total. The molecule has 0 aliphatic rings. The Morgan fingerprint density at radius 1 is 1.04 bits per heavy atom. The van der Waals surface area contributed by atoms with Crippen molar-refractivity contribution in [2.45, 2.75) is 32.2 Å². The molecule has 0 radical (unpaired) electrons. The van der Waals surface area contributed by atoms with Gasteiger partial charge in [0.15, 0.2) is 0 Å². The Hall–Kier alpha value is -2.18. The van der Waals surface area contributed by atoms with Crippen molar-refractivity contribution >= 4 is 21.1 Å². The maximum atomic E-state index is 12.6. The highest BCUT2D eigenvalue weighted by atomic mass is 32.2. The average molecular weight is 343 g/mol. The van der Waals surface area contributed by atoms with Crippen LogP contribution in [0.2, 0.25) is 0 Å². The van der Waals surface area contributed by atoms with Gasteiger partial charge in [0, 0.05) is 13.1 Å². The molecule has 0 spiro atoms. The number of hydrogen-bond acceptors (Lipinski definition) is 3. The minimum atomic E-state index is -3.52. The Bertz CT molecular complexity index is 991. The predicted octanol–water partition coefficient (Wildman–Crippen LogP) is 2.94. The molecule has 6 heteroatoms. The standard InChI is InChI=1S/C18H21N3O2S/c1-13-10-15(3)18(11-14(13)2)24(22,23)20-8-9-21-12-19-16-6-4-5-7-17(16)21/h4-7,10-12,20H,8-9H2,1-3H3. The van der Waals surface area contributed by atoms with Gasteiger partial charge in [0.25, 0.3) is 0 Å². The van der Waals surface area contributed by atoms with E-state index >= 15 is 0 Å². The largest absolute Gasteiger partial charge is 0.329 e. The van der Waals surface area contributed by atoms with Gasteiger partial charge in [-0.2, -0.15) is 0 Å². The molecule has 0 fully saturated rings. The van der Waals surface area contributed by atoms with E-state index in [2.05, 4.69) is 9.71 Å². The minimum absolute atomic E-state index is 0.315. The Morgan fingerprint density at radius 2 is 1.75 bits per heavy atom. The smallest absolute Gasteiger partial charge is 0.240 e. The van der Waals surface area contributed by atoms with Gasteiger partial charge in [-0.05, 0) is 55.7 Å². The van der Waals surface area contributed by atoms with Crippen molar-refractivity contribution in [3.8, 4) is 0 Å². The van der Waals surface area contributed by atoms with Gasteiger partial charge in [-0.25, -0.2) is 18.1 Å². The second-order valence-electron chi connectivity index (χ2n) is 6.03. The Balaban J connectivity index is 1.75. The quantitative estimate of drug-likeness (QED) is 0.775. The number of nitrogens with one attached hydrogen (secondary N) is 1. The number of para-hydroxylation sites is 2. The van der Waals surface area contributed by atoms with Crippen LogP contribution in [0.4, 0.5) is 0 Å². The first-order chi connectivity index (χ1) is 11.4. The van der Waals surface area contributed by atoms with Crippen molar-refractivity contribution in [1.29, 1.82) is 0 Å². The van der Waals surface area contributed by atoms with E-state index in [1.807, 2.05) is 55.7 Å². The highest BCUT2D eigenvalue weighted by Crippen LogP contribution is 2.20. The number of benzene rings is 2. The molecule has 24 heavy (non-hydrogen) atoms. The molecule has 3 aromatic rings. The molecule has 1 aromatic heterocycles. The highest BCUT2D eigenvalue weighted by molar-refractivity contribution is 7.89. The van der Waals surface area contributed by atoms with Gasteiger partial charge in [-0.3, -0.25) is 0 Å². The van der Waals surface area contributed by atoms with E-state index in [-0.39, 0.29) is 0 Å². The molecule has 0 saturated heterocycles. The topological polar surface area (TPSA) is 64.0 Å². The van der Waals surface area contributed by atoms with E-state index in [1.54, 1.807) is 12.4 Å². The van der Waals surface area contributed by atoms with Crippen LogP contribution in [-0.4, -0.2) is 24.5 Å². The molecule has 2 aromatic carbocycles. The number of sulfonamides is 1. The molecule has 0 aliphatic heterocycles. The fourth-order valence-electron chi connectivity index (χ4n) is 2.79. The van der Waals surface area contributed by atoms with Crippen molar-refractivity contribution in [3.63, 3.8) is 0 Å². The molecular formula is C18H21N3O2S. The van der Waals surface area contributed by atoms with E-state index in [0.717, 1.165) is 27.7 Å². The third kappa shape index (κ3) is 3.20. The summed E-state index contributed by atoms with van der Waals surface area (Å²) in [4.78, 5) is 4.66. The lowest BCUT2D eigenvalue weighted by Gasteiger charge is -2.12. The fourth-order valence-corrected chi connectivity index (χ4v) is 4.12. The molecule has 1 heterocycles. The van der Waals surface area contributed by atoms with Crippen molar-refractivity contribution < 1.29 is 8.42 Å². The molecule has 0 atom stereocenters. The van der Waals surface area contributed by atoms with E-state index in [1.165, 1.54) is 0 Å². The SMILES string of the molecule is Cc1cc(C)c(S(=O)(=O)NCCn2cnc3ccccc32)cc1C. The Kier molecular flexibility index (Phi) is 4.43. The summed E-state index contributed by atoms with van der Waals surface area (Å²) in [6, 6.07) is 11.4. The van der Waals surface area contributed by atoms with Crippen molar-refractivity contribution in [2.24, 2.45) is 0 Å². The number of hydrogen-bond donors (Lipinski definition) is 1. The summed E-state index contributed by atoms with van der Waals surface area (Å²) < 4.78 is 29.8. The van der Waals surface area contributed by atoms with Crippen LogP contribution < -0.4 is 4.72 Å². The van der Waals surface area contributed by atoms with Crippen LogP contribution in [0, 0.1) is 20.8 Å². The van der Waals surface area contributed by atoms with Crippen LogP contribution in [0.15, 0.2) is 47.6 Å². The Morgan fingerprint density at radius 3 is 2.54 bits per heavy atom. The summed E-state index contributed by atoms with van der Waals surface area (Å²) in [6.07, 6.45) is 1.74. The molecule has 0 aliphatic carbocycles. The van der Waals surface area contributed by atoms with Crippen molar-refractivity contribution in [3.05, 3.63) is 59.4 Å². The van der Waals surface area contributed by atoms with Gasteiger partial charge in [-0.15, -0.1) is 0 Å². The number of rotatable bonds is 5. The van der Waals surface area contributed by atoms with E-state index in [9.17, 15) is 8.42 Å². The highest BCUT2D eigenvalue weighted by Gasteiger charge is 2.17. The summed E-state index contributed by atoms with van der Waals surface area (Å²) in [5.74, 6) is 0. The fraction of sp³-hybridized carbons (Fsp3) is 0.278. The van der Waals surface area contributed by atoms with Crippen molar-refractivity contribution in [2.75, 3.05) is 6.54 Å².